The van der Waals surface area contributed by atoms with Crippen molar-refractivity contribution in [1.82, 2.24) is 4.98 Å². The zero-order chi connectivity index (χ0) is 13.2. The van der Waals surface area contributed by atoms with Gasteiger partial charge in [-0.25, -0.2) is 4.98 Å². The summed E-state index contributed by atoms with van der Waals surface area (Å²) < 4.78 is 0. The number of nitrogens with two attached hydrogens (primary N) is 1. The fourth-order valence-corrected chi connectivity index (χ4v) is 3.94. The summed E-state index contributed by atoms with van der Waals surface area (Å²) >= 11 is 1.85. The van der Waals surface area contributed by atoms with Gasteiger partial charge in [-0.2, -0.15) is 0 Å². The molecule has 1 aromatic heterocycles. The number of hydrogen-bond donors (Lipinski definition) is 1. The third kappa shape index (κ3) is 2.52. The Morgan fingerprint density at radius 3 is 2.53 bits per heavy atom. The first-order chi connectivity index (χ1) is 9.28. The summed E-state index contributed by atoms with van der Waals surface area (Å²) in [5, 5.41) is 1.26. The number of rotatable bonds is 3. The molecular weight excluding hydrogens is 252 g/mol. The van der Waals surface area contributed by atoms with Crippen LogP contribution in [0, 0.1) is 0 Å². The number of aromatic nitrogens is 1. The third-order valence-electron chi connectivity index (χ3n) is 3.91. The Balaban J connectivity index is 2.03. The van der Waals surface area contributed by atoms with Gasteiger partial charge in [-0.1, -0.05) is 31.9 Å². The molecule has 3 heteroatoms. The minimum absolute atomic E-state index is 0.670. The van der Waals surface area contributed by atoms with Crippen LogP contribution in [0.4, 0.5) is 5.69 Å². The second kappa shape index (κ2) is 5.33. The number of thiazole rings is 1. The second-order valence-corrected chi connectivity index (χ2v) is 6.36. The average Bonchev–Trinajstić information content (AvgIpc) is 3.08. The van der Waals surface area contributed by atoms with Crippen LogP contribution in [0.1, 0.15) is 49.2 Å². The summed E-state index contributed by atoms with van der Waals surface area (Å²) in [7, 11) is 0. The van der Waals surface area contributed by atoms with Gasteiger partial charge in [0.05, 0.1) is 15.6 Å². The first kappa shape index (κ1) is 12.7. The molecule has 0 bridgehead atoms. The lowest BCUT2D eigenvalue weighted by Crippen LogP contribution is -1.95. The summed E-state index contributed by atoms with van der Waals surface area (Å²) in [5.41, 5.74) is 9.22. The summed E-state index contributed by atoms with van der Waals surface area (Å²) in [4.78, 5) is 6.26. The molecule has 19 heavy (non-hydrogen) atoms. The van der Waals surface area contributed by atoms with Crippen molar-refractivity contribution < 1.29 is 0 Å². The van der Waals surface area contributed by atoms with Crippen LogP contribution in [-0.2, 0) is 6.42 Å². The first-order valence-corrected chi connectivity index (χ1v) is 7.95. The standard InChI is InChI=1S/C16H20N2S/c1-2-14-18-15(11-5-3-4-6-11)16(19-14)12-7-9-13(17)10-8-12/h7-11H,2-6,17H2,1H3. The Morgan fingerprint density at radius 2 is 1.89 bits per heavy atom. The maximum Gasteiger partial charge on any atom is 0.0932 e. The Labute approximate surface area is 118 Å². The molecule has 0 spiro atoms. The van der Waals surface area contributed by atoms with Crippen molar-refractivity contribution in [2.75, 3.05) is 5.73 Å². The topological polar surface area (TPSA) is 38.9 Å². The number of aryl methyl sites for hydroxylation is 1. The quantitative estimate of drug-likeness (QED) is 0.828. The highest BCUT2D eigenvalue weighted by Crippen LogP contribution is 2.41. The summed E-state index contributed by atoms with van der Waals surface area (Å²) in [6.45, 7) is 2.18. The molecular formula is C16H20N2S. The minimum Gasteiger partial charge on any atom is -0.399 e. The molecule has 0 aliphatic heterocycles. The number of hydrogen-bond acceptors (Lipinski definition) is 3. The molecule has 1 aliphatic carbocycles. The smallest absolute Gasteiger partial charge is 0.0932 e. The van der Waals surface area contributed by atoms with E-state index in [4.69, 9.17) is 10.7 Å². The lowest BCUT2D eigenvalue weighted by Gasteiger charge is -2.09. The molecule has 1 aliphatic rings. The maximum absolute atomic E-state index is 5.78. The molecule has 100 valence electrons. The van der Waals surface area contributed by atoms with Crippen LogP contribution in [0.25, 0.3) is 10.4 Å². The van der Waals surface area contributed by atoms with Gasteiger partial charge in [-0.3, -0.25) is 0 Å². The zero-order valence-corrected chi connectivity index (χ0v) is 12.2. The maximum atomic E-state index is 5.78. The Morgan fingerprint density at radius 1 is 1.21 bits per heavy atom. The predicted octanol–water partition coefficient (Wildman–Crippen LogP) is 4.61. The predicted molar refractivity (Wildman–Crippen MR) is 82.5 cm³/mol. The molecule has 1 heterocycles. The minimum atomic E-state index is 0.670. The van der Waals surface area contributed by atoms with E-state index >= 15 is 0 Å². The Hall–Kier alpha value is -1.35. The van der Waals surface area contributed by atoms with E-state index in [1.165, 1.54) is 46.8 Å². The molecule has 0 radical (unpaired) electrons. The number of anilines is 1. The van der Waals surface area contributed by atoms with Crippen LogP contribution in [0.5, 0.6) is 0 Å². The lowest BCUT2D eigenvalue weighted by atomic mass is 10.00. The number of nitrogens with zero attached hydrogens (tertiary/aromatic N) is 1. The molecule has 0 unspecified atom stereocenters. The SMILES string of the molecule is CCc1nc(C2CCCC2)c(-c2ccc(N)cc2)s1. The highest BCUT2D eigenvalue weighted by molar-refractivity contribution is 7.15. The summed E-state index contributed by atoms with van der Waals surface area (Å²) in [6.07, 6.45) is 6.33. The fourth-order valence-electron chi connectivity index (χ4n) is 2.85. The van der Waals surface area contributed by atoms with Crippen molar-refractivity contribution in [3.8, 4) is 10.4 Å². The van der Waals surface area contributed by atoms with Crippen molar-refractivity contribution >= 4 is 17.0 Å². The molecule has 2 nitrogen and oxygen atoms in total. The van der Waals surface area contributed by atoms with Crippen LogP contribution >= 0.6 is 11.3 Å². The second-order valence-electron chi connectivity index (χ2n) is 5.28. The van der Waals surface area contributed by atoms with Gasteiger partial charge < -0.3 is 5.73 Å². The monoisotopic (exact) mass is 272 g/mol. The van der Waals surface area contributed by atoms with Crippen LogP contribution in [0.15, 0.2) is 24.3 Å². The van der Waals surface area contributed by atoms with Crippen molar-refractivity contribution in [2.24, 2.45) is 0 Å². The van der Waals surface area contributed by atoms with E-state index in [1.807, 2.05) is 23.5 Å². The van der Waals surface area contributed by atoms with Crippen molar-refractivity contribution in [1.29, 1.82) is 0 Å². The highest BCUT2D eigenvalue weighted by Gasteiger charge is 2.24. The summed E-state index contributed by atoms with van der Waals surface area (Å²) in [6, 6.07) is 8.22. The summed E-state index contributed by atoms with van der Waals surface area (Å²) in [5.74, 6) is 0.670. The van der Waals surface area contributed by atoms with E-state index in [0.29, 0.717) is 5.92 Å². The Kier molecular flexibility index (Phi) is 3.56. The normalized spacial score (nSPS) is 16.1. The van der Waals surface area contributed by atoms with Gasteiger partial charge >= 0.3 is 0 Å². The largest absolute Gasteiger partial charge is 0.399 e. The van der Waals surface area contributed by atoms with E-state index in [9.17, 15) is 0 Å². The zero-order valence-electron chi connectivity index (χ0n) is 11.4. The average molecular weight is 272 g/mol. The molecule has 0 saturated heterocycles. The molecule has 3 rings (SSSR count). The van der Waals surface area contributed by atoms with Gasteiger partial charge in [0, 0.05) is 11.6 Å². The molecule has 0 atom stereocenters. The van der Waals surface area contributed by atoms with Gasteiger partial charge in [0.2, 0.25) is 0 Å². The van der Waals surface area contributed by atoms with Crippen LogP contribution < -0.4 is 5.73 Å². The number of nitrogen functional groups attached to an aromatic ring is 1. The molecule has 2 aromatic rings. The molecule has 0 amide bonds. The molecule has 2 N–H and O–H groups in total. The highest BCUT2D eigenvalue weighted by atomic mass is 32.1. The molecule has 1 fully saturated rings. The number of benzene rings is 1. The first-order valence-electron chi connectivity index (χ1n) is 7.13. The van der Waals surface area contributed by atoms with Crippen molar-refractivity contribution in [2.45, 2.75) is 44.9 Å². The van der Waals surface area contributed by atoms with Crippen LogP contribution in [-0.4, -0.2) is 4.98 Å². The third-order valence-corrected chi connectivity index (χ3v) is 5.18. The Bertz CT molecular complexity index is 551. The van der Waals surface area contributed by atoms with Gasteiger partial charge in [0.1, 0.15) is 0 Å². The van der Waals surface area contributed by atoms with E-state index in [1.54, 1.807) is 0 Å². The lowest BCUT2D eigenvalue weighted by molar-refractivity contribution is 0.701. The van der Waals surface area contributed by atoms with E-state index in [2.05, 4.69) is 19.1 Å². The van der Waals surface area contributed by atoms with Crippen molar-refractivity contribution in [3.05, 3.63) is 35.0 Å². The molecule has 1 aromatic carbocycles. The van der Waals surface area contributed by atoms with E-state index in [0.717, 1.165) is 12.1 Å². The van der Waals surface area contributed by atoms with Crippen LogP contribution in [0.3, 0.4) is 0 Å². The van der Waals surface area contributed by atoms with Gasteiger partial charge in [0.15, 0.2) is 0 Å². The van der Waals surface area contributed by atoms with Gasteiger partial charge in [-0.15, -0.1) is 11.3 Å². The van der Waals surface area contributed by atoms with Gasteiger partial charge in [0.25, 0.3) is 0 Å². The van der Waals surface area contributed by atoms with Gasteiger partial charge in [-0.05, 0) is 37.0 Å². The van der Waals surface area contributed by atoms with E-state index < -0.39 is 0 Å². The molecule has 1 saturated carbocycles. The fraction of sp³-hybridized carbons (Fsp3) is 0.438. The van der Waals surface area contributed by atoms with Crippen LogP contribution in [0.2, 0.25) is 0 Å². The van der Waals surface area contributed by atoms with Crippen molar-refractivity contribution in [3.63, 3.8) is 0 Å². The van der Waals surface area contributed by atoms with E-state index in [-0.39, 0.29) is 0 Å².